The van der Waals surface area contributed by atoms with Crippen molar-refractivity contribution < 1.29 is 18.0 Å². The minimum atomic E-state index is -4.17. The third kappa shape index (κ3) is 4.15. The summed E-state index contributed by atoms with van der Waals surface area (Å²) in [7, 11) is 0. The standard InChI is InChI=1S/C12H21F3N2O/c1-4-11(2,3)17-10(18)9-6-5-8(7-16-9)12(13,14)15/h8-9,16H,4-7H2,1-3H3,(H,17,18). The largest absolute Gasteiger partial charge is 0.393 e. The van der Waals surface area contributed by atoms with Gasteiger partial charge < -0.3 is 10.6 Å². The quantitative estimate of drug-likeness (QED) is 0.822. The summed E-state index contributed by atoms with van der Waals surface area (Å²) in [6.45, 7) is 5.57. The lowest BCUT2D eigenvalue weighted by Crippen LogP contribution is -2.55. The maximum Gasteiger partial charge on any atom is 0.393 e. The lowest BCUT2D eigenvalue weighted by molar-refractivity contribution is -0.180. The molecule has 1 aliphatic heterocycles. The number of alkyl halides is 3. The predicted octanol–water partition coefficient (Wildman–Crippen LogP) is 2.22. The SMILES string of the molecule is CCC(C)(C)NC(=O)C1CCC(C(F)(F)F)CN1. The Morgan fingerprint density at radius 1 is 1.33 bits per heavy atom. The molecule has 6 heteroatoms. The van der Waals surface area contributed by atoms with Gasteiger partial charge >= 0.3 is 6.18 Å². The Morgan fingerprint density at radius 3 is 2.33 bits per heavy atom. The van der Waals surface area contributed by atoms with Gasteiger partial charge in [-0.2, -0.15) is 13.2 Å². The molecule has 1 heterocycles. The molecule has 3 nitrogen and oxygen atoms in total. The van der Waals surface area contributed by atoms with Gasteiger partial charge in [0.05, 0.1) is 12.0 Å². The minimum absolute atomic E-state index is 0.0150. The Kier molecular flexibility index (Phi) is 4.64. The molecule has 2 unspecified atom stereocenters. The van der Waals surface area contributed by atoms with Crippen LogP contribution in [0.15, 0.2) is 0 Å². The number of nitrogens with one attached hydrogen (secondary N) is 2. The van der Waals surface area contributed by atoms with Gasteiger partial charge in [0.15, 0.2) is 0 Å². The third-order valence-electron chi connectivity index (χ3n) is 3.54. The summed E-state index contributed by atoms with van der Waals surface area (Å²) in [5.41, 5.74) is -0.320. The highest BCUT2D eigenvalue weighted by Crippen LogP contribution is 2.32. The van der Waals surface area contributed by atoms with Crippen LogP contribution in [0.1, 0.15) is 40.0 Å². The van der Waals surface area contributed by atoms with Gasteiger partial charge in [-0.15, -0.1) is 0 Å². The molecule has 0 aromatic heterocycles. The second-order valence-corrected chi connectivity index (χ2v) is 5.50. The molecule has 2 atom stereocenters. The molecular weight excluding hydrogens is 245 g/mol. The van der Waals surface area contributed by atoms with Crippen molar-refractivity contribution in [1.29, 1.82) is 0 Å². The fourth-order valence-corrected chi connectivity index (χ4v) is 1.87. The van der Waals surface area contributed by atoms with Crippen LogP contribution in [-0.4, -0.2) is 30.2 Å². The van der Waals surface area contributed by atoms with Crippen LogP contribution in [0.3, 0.4) is 0 Å². The monoisotopic (exact) mass is 266 g/mol. The molecule has 1 aliphatic rings. The van der Waals surface area contributed by atoms with E-state index in [1.807, 2.05) is 20.8 Å². The molecule has 106 valence electrons. The molecule has 0 aromatic carbocycles. The second kappa shape index (κ2) is 5.47. The van der Waals surface area contributed by atoms with Gasteiger partial charge in [0.2, 0.25) is 5.91 Å². The lowest BCUT2D eigenvalue weighted by atomic mass is 9.93. The van der Waals surface area contributed by atoms with Crippen LogP contribution in [-0.2, 0) is 4.79 Å². The van der Waals surface area contributed by atoms with Crippen molar-refractivity contribution >= 4 is 5.91 Å². The molecule has 0 radical (unpaired) electrons. The first-order valence-electron chi connectivity index (χ1n) is 6.28. The maximum atomic E-state index is 12.5. The zero-order valence-corrected chi connectivity index (χ0v) is 11.0. The third-order valence-corrected chi connectivity index (χ3v) is 3.54. The number of carbonyl (C=O) groups is 1. The number of piperidine rings is 1. The number of halogens is 3. The molecule has 18 heavy (non-hydrogen) atoms. The number of rotatable bonds is 3. The van der Waals surface area contributed by atoms with Crippen molar-refractivity contribution in [3.63, 3.8) is 0 Å². The molecule has 0 aromatic rings. The van der Waals surface area contributed by atoms with E-state index in [4.69, 9.17) is 0 Å². The van der Waals surface area contributed by atoms with Crippen LogP contribution in [0, 0.1) is 5.92 Å². The number of amides is 1. The summed E-state index contributed by atoms with van der Waals surface area (Å²) < 4.78 is 37.4. The molecular formula is C12H21F3N2O. The van der Waals surface area contributed by atoms with Crippen molar-refractivity contribution in [2.75, 3.05) is 6.54 Å². The highest BCUT2D eigenvalue weighted by molar-refractivity contribution is 5.82. The van der Waals surface area contributed by atoms with Crippen molar-refractivity contribution in [3.8, 4) is 0 Å². The molecule has 1 amide bonds. The summed E-state index contributed by atoms with van der Waals surface area (Å²) in [6.07, 6.45) is -3.15. The molecule has 1 fully saturated rings. The van der Waals surface area contributed by atoms with Crippen LogP contribution < -0.4 is 10.6 Å². The summed E-state index contributed by atoms with van der Waals surface area (Å²) in [5, 5.41) is 5.54. The highest BCUT2D eigenvalue weighted by atomic mass is 19.4. The number of hydrogen-bond donors (Lipinski definition) is 2. The summed E-state index contributed by atoms with van der Waals surface area (Å²) in [4.78, 5) is 11.9. The van der Waals surface area contributed by atoms with Gasteiger partial charge in [0, 0.05) is 12.1 Å². The predicted molar refractivity (Wildman–Crippen MR) is 63.1 cm³/mol. The Morgan fingerprint density at radius 2 is 1.94 bits per heavy atom. The van der Waals surface area contributed by atoms with E-state index >= 15 is 0 Å². The van der Waals surface area contributed by atoms with Crippen LogP contribution >= 0.6 is 0 Å². The summed E-state index contributed by atoms with van der Waals surface area (Å²) in [5.74, 6) is -1.54. The van der Waals surface area contributed by atoms with E-state index < -0.39 is 18.1 Å². The molecule has 2 N–H and O–H groups in total. The van der Waals surface area contributed by atoms with Crippen LogP contribution in [0.4, 0.5) is 13.2 Å². The van der Waals surface area contributed by atoms with Crippen LogP contribution in [0.5, 0.6) is 0 Å². The van der Waals surface area contributed by atoms with E-state index in [9.17, 15) is 18.0 Å². The fraction of sp³-hybridized carbons (Fsp3) is 0.917. The lowest BCUT2D eigenvalue weighted by Gasteiger charge is -2.33. The zero-order chi connectivity index (χ0) is 14.0. The Labute approximate surface area is 106 Å². The van der Waals surface area contributed by atoms with Crippen molar-refractivity contribution in [2.24, 2.45) is 5.92 Å². The topological polar surface area (TPSA) is 41.1 Å². The zero-order valence-electron chi connectivity index (χ0n) is 11.0. The van der Waals surface area contributed by atoms with Crippen LogP contribution in [0.25, 0.3) is 0 Å². The molecule has 0 spiro atoms. The maximum absolute atomic E-state index is 12.5. The van der Waals surface area contributed by atoms with Gasteiger partial charge in [-0.25, -0.2) is 0 Å². The number of hydrogen-bond acceptors (Lipinski definition) is 2. The first-order chi connectivity index (χ1) is 8.15. The van der Waals surface area contributed by atoms with Crippen LogP contribution in [0.2, 0.25) is 0 Å². The van der Waals surface area contributed by atoms with Gasteiger partial charge in [-0.1, -0.05) is 6.92 Å². The van der Waals surface area contributed by atoms with Crippen molar-refractivity contribution in [2.45, 2.75) is 57.8 Å². The second-order valence-electron chi connectivity index (χ2n) is 5.50. The number of carbonyl (C=O) groups excluding carboxylic acids is 1. The van der Waals surface area contributed by atoms with E-state index in [0.717, 1.165) is 6.42 Å². The van der Waals surface area contributed by atoms with E-state index in [-0.39, 0.29) is 30.8 Å². The van der Waals surface area contributed by atoms with Gasteiger partial charge in [0.25, 0.3) is 0 Å². The fourth-order valence-electron chi connectivity index (χ4n) is 1.87. The average Bonchev–Trinajstić information content (AvgIpc) is 2.27. The van der Waals surface area contributed by atoms with E-state index in [0.29, 0.717) is 0 Å². The Balaban J connectivity index is 2.46. The van der Waals surface area contributed by atoms with E-state index in [1.54, 1.807) is 0 Å². The minimum Gasteiger partial charge on any atom is -0.350 e. The Bertz CT molecular complexity index is 294. The highest BCUT2D eigenvalue weighted by Gasteiger charge is 2.42. The van der Waals surface area contributed by atoms with Crippen molar-refractivity contribution in [3.05, 3.63) is 0 Å². The van der Waals surface area contributed by atoms with E-state index in [2.05, 4.69) is 10.6 Å². The van der Waals surface area contributed by atoms with E-state index in [1.165, 1.54) is 0 Å². The van der Waals surface area contributed by atoms with Gasteiger partial charge in [0.1, 0.15) is 0 Å². The first kappa shape index (κ1) is 15.3. The summed E-state index contributed by atoms with van der Waals surface area (Å²) in [6, 6.07) is -0.505. The first-order valence-corrected chi connectivity index (χ1v) is 6.28. The van der Waals surface area contributed by atoms with Crippen molar-refractivity contribution in [1.82, 2.24) is 10.6 Å². The molecule has 1 saturated heterocycles. The normalized spacial score (nSPS) is 25.9. The smallest absolute Gasteiger partial charge is 0.350 e. The summed E-state index contributed by atoms with van der Waals surface area (Å²) >= 11 is 0. The average molecular weight is 266 g/mol. The van der Waals surface area contributed by atoms with Gasteiger partial charge in [-0.3, -0.25) is 4.79 Å². The van der Waals surface area contributed by atoms with Gasteiger partial charge in [-0.05, 0) is 33.1 Å². The molecule has 1 rings (SSSR count). The molecule has 0 saturated carbocycles. The Hall–Kier alpha value is -0.780. The molecule has 0 aliphatic carbocycles. The molecule has 0 bridgehead atoms.